The van der Waals surface area contributed by atoms with Gasteiger partial charge < -0.3 is 21.5 Å². The summed E-state index contributed by atoms with van der Waals surface area (Å²) in [4.78, 5) is 25.4. The molecule has 0 aromatic heterocycles. The first kappa shape index (κ1) is 28.6. The molecule has 7 nitrogen and oxygen atoms in total. The molecule has 0 radical (unpaired) electrons. The zero-order valence-corrected chi connectivity index (χ0v) is 24.3. The summed E-state index contributed by atoms with van der Waals surface area (Å²) in [6, 6.07) is 28.6. The highest BCUT2D eigenvalue weighted by Crippen LogP contribution is 2.49. The molecule has 1 heterocycles. The average Bonchev–Trinajstić information content (AvgIpc) is 2.96. The van der Waals surface area contributed by atoms with Gasteiger partial charge in [-0.2, -0.15) is 0 Å². The summed E-state index contributed by atoms with van der Waals surface area (Å²) in [5.41, 5.74) is 11.4. The maximum Gasteiger partial charge on any atom is 0.336 e. The molecule has 6 N–H and O–H groups in total. The molecule has 0 saturated carbocycles. The lowest BCUT2D eigenvalue weighted by molar-refractivity contribution is 0.0697. The molecule has 214 valence electrons. The number of carboxylic acid groups (broad SMARTS) is 1. The molecule has 1 aliphatic heterocycles. The monoisotopic (exact) mass is 560 g/mol. The molecule has 2 unspecified atom stereocenters. The molecule has 0 spiro atoms. The fraction of sp³-hybridized carbons (Fsp3) is 0.229. The van der Waals surface area contributed by atoms with Crippen molar-refractivity contribution in [3.8, 4) is 11.1 Å². The number of benzene rings is 4. The topological polar surface area (TPSA) is 128 Å². The first-order chi connectivity index (χ1) is 19.9. The van der Waals surface area contributed by atoms with Gasteiger partial charge in [0.25, 0.3) is 5.91 Å². The van der Waals surface area contributed by atoms with E-state index >= 15 is 0 Å². The van der Waals surface area contributed by atoms with Gasteiger partial charge in [-0.1, -0.05) is 67.6 Å². The standard InChI is InChI=1S/C35H36N4O3/c1-34(2,3)39-32(40)22-14-16-25(27(18-22)33(41)42)24-12-8-9-13-26(24)30-20-35(4,23-10-6-5-7-11-23)28-19-21(31(36)37)15-17-29(28)38-30/h5-19,30,38H,20H2,1-4H3,(H3,36,37)(H,39,40)(H,41,42). The Morgan fingerprint density at radius 3 is 2.26 bits per heavy atom. The SMILES string of the molecule is CC(C)(C)NC(=O)c1ccc(-c2ccccc2C2CC(C)(c3ccccc3)c3cc(C(=N)N)ccc3N2)c(C(=O)O)c1. The first-order valence-electron chi connectivity index (χ1n) is 14.0. The Morgan fingerprint density at radius 1 is 0.929 bits per heavy atom. The molecule has 42 heavy (non-hydrogen) atoms. The van der Waals surface area contributed by atoms with Gasteiger partial charge in [0.2, 0.25) is 0 Å². The van der Waals surface area contributed by atoms with Crippen molar-refractivity contribution in [3.63, 3.8) is 0 Å². The maximum absolute atomic E-state index is 12.9. The highest BCUT2D eigenvalue weighted by molar-refractivity contribution is 6.02. The van der Waals surface area contributed by atoms with Crippen LogP contribution in [0.15, 0.2) is 91.0 Å². The van der Waals surface area contributed by atoms with Gasteiger partial charge in [-0.05, 0) is 85.3 Å². The summed E-state index contributed by atoms with van der Waals surface area (Å²) in [7, 11) is 0. The molecule has 4 aromatic rings. The van der Waals surface area contributed by atoms with E-state index in [0.29, 0.717) is 23.1 Å². The second kappa shape index (κ2) is 10.8. The van der Waals surface area contributed by atoms with Crippen molar-refractivity contribution in [1.29, 1.82) is 5.41 Å². The molecular formula is C35H36N4O3. The second-order valence-electron chi connectivity index (χ2n) is 12.1. The van der Waals surface area contributed by atoms with E-state index < -0.39 is 16.9 Å². The maximum atomic E-state index is 12.9. The Bertz CT molecular complexity index is 1690. The smallest absolute Gasteiger partial charge is 0.336 e. The molecule has 2 atom stereocenters. The molecule has 0 saturated heterocycles. The molecule has 5 rings (SSSR count). The second-order valence-corrected chi connectivity index (χ2v) is 12.1. The number of fused-ring (bicyclic) bond motifs is 1. The van der Waals surface area contributed by atoms with E-state index in [0.717, 1.165) is 27.9 Å². The summed E-state index contributed by atoms with van der Waals surface area (Å²) in [5.74, 6) is -1.40. The first-order valence-corrected chi connectivity index (χ1v) is 14.0. The number of amides is 1. The van der Waals surface area contributed by atoms with Gasteiger partial charge in [0, 0.05) is 27.8 Å². The van der Waals surface area contributed by atoms with Gasteiger partial charge in [-0.15, -0.1) is 0 Å². The number of nitrogens with two attached hydrogens (primary N) is 1. The zero-order valence-electron chi connectivity index (χ0n) is 24.3. The van der Waals surface area contributed by atoms with Gasteiger partial charge in [0.1, 0.15) is 5.84 Å². The molecule has 1 amide bonds. The Kier molecular flexibility index (Phi) is 7.37. The lowest BCUT2D eigenvalue weighted by Crippen LogP contribution is -2.40. The van der Waals surface area contributed by atoms with Crippen LogP contribution in [0.4, 0.5) is 5.69 Å². The number of hydrogen-bond acceptors (Lipinski definition) is 4. The predicted octanol–water partition coefficient (Wildman–Crippen LogP) is 6.73. The van der Waals surface area contributed by atoms with Gasteiger partial charge >= 0.3 is 5.97 Å². The van der Waals surface area contributed by atoms with Crippen LogP contribution >= 0.6 is 0 Å². The van der Waals surface area contributed by atoms with E-state index in [1.807, 2.05) is 81.4 Å². The summed E-state index contributed by atoms with van der Waals surface area (Å²) >= 11 is 0. The lowest BCUT2D eigenvalue weighted by atomic mass is 9.67. The van der Waals surface area contributed by atoms with Crippen molar-refractivity contribution in [2.75, 3.05) is 5.32 Å². The van der Waals surface area contributed by atoms with E-state index in [2.05, 4.69) is 29.7 Å². The Hall–Kier alpha value is -4.91. The van der Waals surface area contributed by atoms with Crippen LogP contribution in [0.1, 0.15) is 83.1 Å². The molecular weight excluding hydrogens is 524 g/mol. The Balaban J connectivity index is 1.63. The molecule has 4 aromatic carbocycles. The number of aromatic carboxylic acids is 1. The molecule has 0 aliphatic carbocycles. The van der Waals surface area contributed by atoms with Gasteiger partial charge in [-0.3, -0.25) is 10.2 Å². The van der Waals surface area contributed by atoms with Crippen LogP contribution in [0, 0.1) is 5.41 Å². The van der Waals surface area contributed by atoms with Crippen LogP contribution in [0.2, 0.25) is 0 Å². The van der Waals surface area contributed by atoms with Crippen molar-refractivity contribution < 1.29 is 14.7 Å². The summed E-state index contributed by atoms with van der Waals surface area (Å²) in [5, 5.41) is 24.8. The number of hydrogen-bond donors (Lipinski definition) is 5. The van der Waals surface area contributed by atoms with Crippen molar-refractivity contribution >= 4 is 23.4 Å². The van der Waals surface area contributed by atoms with Crippen LogP contribution < -0.4 is 16.4 Å². The number of nitrogen functional groups attached to an aromatic ring is 1. The third-order valence-electron chi connectivity index (χ3n) is 7.91. The van der Waals surface area contributed by atoms with E-state index in [-0.39, 0.29) is 23.3 Å². The van der Waals surface area contributed by atoms with Crippen molar-refractivity contribution in [2.24, 2.45) is 5.73 Å². The number of carbonyl (C=O) groups excluding carboxylic acids is 1. The molecule has 0 bridgehead atoms. The quantitative estimate of drug-likeness (QED) is 0.132. The lowest BCUT2D eigenvalue weighted by Gasteiger charge is -2.42. The summed E-state index contributed by atoms with van der Waals surface area (Å²) in [6.07, 6.45) is 0.677. The minimum absolute atomic E-state index is 0.0153. The number of rotatable bonds is 6. The van der Waals surface area contributed by atoms with Gasteiger partial charge in [0.15, 0.2) is 0 Å². The van der Waals surface area contributed by atoms with E-state index in [4.69, 9.17) is 11.1 Å². The van der Waals surface area contributed by atoms with Crippen LogP contribution in [0.3, 0.4) is 0 Å². The van der Waals surface area contributed by atoms with Crippen molar-refractivity contribution in [1.82, 2.24) is 5.32 Å². The fourth-order valence-corrected chi connectivity index (χ4v) is 5.87. The van der Waals surface area contributed by atoms with E-state index in [1.54, 1.807) is 12.1 Å². The minimum Gasteiger partial charge on any atom is -0.478 e. The van der Waals surface area contributed by atoms with Gasteiger partial charge in [0.05, 0.1) is 11.6 Å². The normalized spacial score (nSPS) is 18.0. The Labute approximate surface area is 246 Å². The summed E-state index contributed by atoms with van der Waals surface area (Å²) < 4.78 is 0. The van der Waals surface area contributed by atoms with Crippen molar-refractivity contribution in [3.05, 3.63) is 124 Å². The van der Waals surface area contributed by atoms with Crippen molar-refractivity contribution in [2.45, 2.75) is 51.1 Å². The number of carbonyl (C=O) groups is 2. The number of anilines is 1. The van der Waals surface area contributed by atoms with Crippen LogP contribution in [-0.4, -0.2) is 28.4 Å². The minimum atomic E-state index is -1.10. The molecule has 7 heteroatoms. The summed E-state index contributed by atoms with van der Waals surface area (Å²) in [6.45, 7) is 7.85. The Morgan fingerprint density at radius 2 is 1.60 bits per heavy atom. The molecule has 1 aliphatic rings. The van der Waals surface area contributed by atoms with Gasteiger partial charge in [-0.25, -0.2) is 4.79 Å². The average molecular weight is 561 g/mol. The third kappa shape index (κ3) is 5.50. The van der Waals surface area contributed by atoms with Crippen LogP contribution in [0.25, 0.3) is 11.1 Å². The zero-order chi connectivity index (χ0) is 30.2. The molecule has 0 fully saturated rings. The fourth-order valence-electron chi connectivity index (χ4n) is 5.87. The number of nitrogens with one attached hydrogen (secondary N) is 3. The number of carboxylic acids is 1. The van der Waals surface area contributed by atoms with E-state index in [9.17, 15) is 14.7 Å². The van der Waals surface area contributed by atoms with Crippen LogP contribution in [0.5, 0.6) is 0 Å². The van der Waals surface area contributed by atoms with E-state index in [1.165, 1.54) is 6.07 Å². The van der Waals surface area contributed by atoms with Crippen LogP contribution in [-0.2, 0) is 5.41 Å². The highest BCUT2D eigenvalue weighted by Gasteiger charge is 2.39. The number of amidine groups is 1. The third-order valence-corrected chi connectivity index (χ3v) is 7.91. The predicted molar refractivity (Wildman–Crippen MR) is 167 cm³/mol. The largest absolute Gasteiger partial charge is 0.478 e. The highest BCUT2D eigenvalue weighted by atomic mass is 16.4.